The zero-order valence-electron chi connectivity index (χ0n) is 11.3. The summed E-state index contributed by atoms with van der Waals surface area (Å²) in [5, 5.41) is 3.79. The van der Waals surface area contributed by atoms with E-state index in [1.807, 2.05) is 36.4 Å². The van der Waals surface area contributed by atoms with Crippen LogP contribution in [0.5, 0.6) is 0 Å². The van der Waals surface area contributed by atoms with E-state index in [0.717, 1.165) is 16.8 Å². The summed E-state index contributed by atoms with van der Waals surface area (Å²) >= 11 is 5.88. The molecule has 0 amide bonds. The molecule has 0 bridgehead atoms. The fraction of sp³-hybridized carbons (Fsp3) is 0. The third-order valence-corrected chi connectivity index (χ3v) is 3.36. The largest absolute Gasteiger partial charge is 0.396 e. The number of para-hydroxylation sites is 1. The molecule has 0 saturated carbocycles. The minimum Gasteiger partial charge on any atom is -0.396 e. The number of nitrogens with two attached hydrogens (primary N) is 1. The molecular weight excluding hydrogens is 282 g/mol. The molecule has 0 fully saturated rings. The van der Waals surface area contributed by atoms with Crippen molar-refractivity contribution >= 4 is 28.8 Å². The predicted molar refractivity (Wildman–Crippen MR) is 88.8 cm³/mol. The van der Waals surface area contributed by atoms with Crippen LogP contribution in [0.3, 0.4) is 0 Å². The number of rotatable bonds is 3. The SMILES string of the molecule is Nc1cc(Cl)cnc1Nc1ccccc1-c1ccccc1. The van der Waals surface area contributed by atoms with Crippen LogP contribution in [0.1, 0.15) is 0 Å². The third kappa shape index (κ3) is 2.98. The molecule has 0 spiro atoms. The predicted octanol–water partition coefficient (Wildman–Crippen LogP) is 4.73. The summed E-state index contributed by atoms with van der Waals surface area (Å²) in [5.41, 5.74) is 9.64. The molecule has 0 atom stereocenters. The lowest BCUT2D eigenvalue weighted by Crippen LogP contribution is -2.00. The van der Waals surface area contributed by atoms with Gasteiger partial charge in [-0.2, -0.15) is 0 Å². The Bertz CT molecular complexity index is 757. The van der Waals surface area contributed by atoms with Gasteiger partial charge in [-0.3, -0.25) is 0 Å². The zero-order valence-corrected chi connectivity index (χ0v) is 12.0. The Morgan fingerprint density at radius 1 is 0.952 bits per heavy atom. The molecule has 3 aromatic rings. The molecule has 3 rings (SSSR count). The smallest absolute Gasteiger partial charge is 0.153 e. The molecule has 3 N–H and O–H groups in total. The maximum atomic E-state index is 5.95. The Balaban J connectivity index is 2.00. The molecule has 0 saturated heterocycles. The molecule has 2 aromatic carbocycles. The van der Waals surface area contributed by atoms with Gasteiger partial charge in [-0.05, 0) is 17.7 Å². The Kier molecular flexibility index (Phi) is 3.75. The molecule has 4 heteroatoms. The van der Waals surface area contributed by atoms with Crippen LogP contribution < -0.4 is 11.1 Å². The van der Waals surface area contributed by atoms with Gasteiger partial charge in [-0.25, -0.2) is 4.98 Å². The van der Waals surface area contributed by atoms with E-state index in [-0.39, 0.29) is 0 Å². The van der Waals surface area contributed by atoms with Gasteiger partial charge in [0.15, 0.2) is 5.82 Å². The number of nitrogens with one attached hydrogen (secondary N) is 1. The second kappa shape index (κ2) is 5.85. The summed E-state index contributed by atoms with van der Waals surface area (Å²) in [4.78, 5) is 4.24. The minimum absolute atomic E-state index is 0.519. The van der Waals surface area contributed by atoms with E-state index in [4.69, 9.17) is 17.3 Å². The highest BCUT2D eigenvalue weighted by Crippen LogP contribution is 2.31. The molecule has 21 heavy (non-hydrogen) atoms. The van der Waals surface area contributed by atoms with Gasteiger partial charge in [0.1, 0.15) is 0 Å². The zero-order chi connectivity index (χ0) is 14.7. The highest BCUT2D eigenvalue weighted by Gasteiger charge is 2.07. The normalized spacial score (nSPS) is 10.3. The number of aromatic nitrogens is 1. The van der Waals surface area contributed by atoms with Crippen molar-refractivity contribution in [1.29, 1.82) is 0 Å². The average molecular weight is 296 g/mol. The first-order chi connectivity index (χ1) is 10.2. The second-order valence-corrected chi connectivity index (χ2v) is 5.06. The van der Waals surface area contributed by atoms with Gasteiger partial charge in [-0.15, -0.1) is 0 Å². The van der Waals surface area contributed by atoms with Crippen molar-refractivity contribution in [3.63, 3.8) is 0 Å². The Labute approximate surface area is 128 Å². The van der Waals surface area contributed by atoms with Crippen LogP contribution in [-0.4, -0.2) is 4.98 Å². The average Bonchev–Trinajstić information content (AvgIpc) is 2.51. The maximum Gasteiger partial charge on any atom is 0.153 e. The molecule has 0 aliphatic carbocycles. The molecule has 0 radical (unpaired) electrons. The van der Waals surface area contributed by atoms with E-state index in [2.05, 4.69) is 28.5 Å². The number of halogens is 1. The first kappa shape index (κ1) is 13.5. The van der Waals surface area contributed by atoms with Gasteiger partial charge >= 0.3 is 0 Å². The van der Waals surface area contributed by atoms with E-state index in [1.165, 1.54) is 0 Å². The Morgan fingerprint density at radius 2 is 1.67 bits per heavy atom. The lowest BCUT2D eigenvalue weighted by Gasteiger charge is -2.13. The number of benzene rings is 2. The molecule has 0 unspecified atom stereocenters. The lowest BCUT2D eigenvalue weighted by molar-refractivity contribution is 1.31. The number of pyridine rings is 1. The van der Waals surface area contributed by atoms with Crippen LogP contribution in [-0.2, 0) is 0 Å². The summed E-state index contributed by atoms with van der Waals surface area (Å²) in [5.74, 6) is 0.600. The highest BCUT2D eigenvalue weighted by atomic mass is 35.5. The van der Waals surface area contributed by atoms with Gasteiger partial charge < -0.3 is 11.1 Å². The second-order valence-electron chi connectivity index (χ2n) is 4.63. The molecule has 0 aliphatic heterocycles. The van der Waals surface area contributed by atoms with Crippen LogP contribution in [0.25, 0.3) is 11.1 Å². The number of nitrogen functional groups attached to an aromatic ring is 1. The van der Waals surface area contributed by atoms with Crippen LogP contribution >= 0.6 is 11.6 Å². The first-order valence-electron chi connectivity index (χ1n) is 6.56. The molecule has 104 valence electrons. The van der Waals surface area contributed by atoms with Gasteiger partial charge in [0, 0.05) is 17.4 Å². The van der Waals surface area contributed by atoms with Crippen LogP contribution in [0.15, 0.2) is 66.9 Å². The van der Waals surface area contributed by atoms with Crippen molar-refractivity contribution in [3.05, 3.63) is 71.9 Å². The first-order valence-corrected chi connectivity index (χ1v) is 6.94. The van der Waals surface area contributed by atoms with Gasteiger partial charge in [-0.1, -0.05) is 60.1 Å². The monoisotopic (exact) mass is 295 g/mol. The van der Waals surface area contributed by atoms with Crippen LogP contribution in [0.4, 0.5) is 17.2 Å². The Hall–Kier alpha value is -2.52. The number of nitrogens with zero attached hydrogens (tertiary/aromatic N) is 1. The minimum atomic E-state index is 0.519. The van der Waals surface area contributed by atoms with E-state index in [1.54, 1.807) is 12.3 Å². The van der Waals surface area contributed by atoms with Gasteiger partial charge in [0.25, 0.3) is 0 Å². The quantitative estimate of drug-likeness (QED) is 0.734. The third-order valence-electron chi connectivity index (χ3n) is 3.15. The summed E-state index contributed by atoms with van der Waals surface area (Å²) in [6, 6.07) is 19.9. The van der Waals surface area contributed by atoms with Crippen molar-refractivity contribution in [1.82, 2.24) is 4.98 Å². The lowest BCUT2D eigenvalue weighted by atomic mass is 10.0. The van der Waals surface area contributed by atoms with Crippen molar-refractivity contribution < 1.29 is 0 Å². The Morgan fingerprint density at radius 3 is 2.43 bits per heavy atom. The maximum absolute atomic E-state index is 5.95. The summed E-state index contributed by atoms with van der Waals surface area (Å²) in [6.07, 6.45) is 1.57. The highest BCUT2D eigenvalue weighted by molar-refractivity contribution is 6.30. The fourth-order valence-electron chi connectivity index (χ4n) is 2.15. The molecule has 0 aliphatic rings. The summed E-state index contributed by atoms with van der Waals surface area (Å²) in [6.45, 7) is 0. The van der Waals surface area contributed by atoms with Gasteiger partial charge in [0.2, 0.25) is 0 Å². The molecular formula is C17H14ClN3. The fourth-order valence-corrected chi connectivity index (χ4v) is 2.31. The van der Waals surface area contributed by atoms with Crippen LogP contribution in [0, 0.1) is 0 Å². The molecule has 1 heterocycles. The summed E-state index contributed by atoms with van der Waals surface area (Å²) in [7, 11) is 0. The summed E-state index contributed by atoms with van der Waals surface area (Å²) < 4.78 is 0. The van der Waals surface area contributed by atoms with E-state index in [0.29, 0.717) is 16.5 Å². The van der Waals surface area contributed by atoms with Crippen molar-refractivity contribution in [2.45, 2.75) is 0 Å². The van der Waals surface area contributed by atoms with Crippen LogP contribution in [0.2, 0.25) is 5.02 Å². The van der Waals surface area contributed by atoms with E-state index < -0.39 is 0 Å². The number of hydrogen-bond donors (Lipinski definition) is 2. The topological polar surface area (TPSA) is 50.9 Å². The number of anilines is 3. The van der Waals surface area contributed by atoms with Crippen molar-refractivity contribution in [2.75, 3.05) is 11.1 Å². The van der Waals surface area contributed by atoms with E-state index >= 15 is 0 Å². The van der Waals surface area contributed by atoms with Gasteiger partial charge in [0.05, 0.1) is 10.7 Å². The van der Waals surface area contributed by atoms with Crippen molar-refractivity contribution in [2.24, 2.45) is 0 Å². The molecule has 1 aromatic heterocycles. The van der Waals surface area contributed by atoms with E-state index in [9.17, 15) is 0 Å². The van der Waals surface area contributed by atoms with Crippen molar-refractivity contribution in [3.8, 4) is 11.1 Å². The standard InChI is InChI=1S/C17H14ClN3/c18-13-10-15(19)17(20-11-13)21-16-9-5-4-8-14(16)12-6-2-1-3-7-12/h1-11H,19H2,(H,20,21). The molecule has 3 nitrogen and oxygen atoms in total. The number of hydrogen-bond acceptors (Lipinski definition) is 3.